The van der Waals surface area contributed by atoms with Crippen LogP contribution >= 0.6 is 0 Å². The molecular formula is C30H35N3O5. The predicted molar refractivity (Wildman–Crippen MR) is 144 cm³/mol. The number of nitrogens with one attached hydrogen (secondary N) is 2. The van der Waals surface area contributed by atoms with E-state index >= 15 is 0 Å². The molecular weight excluding hydrogens is 482 g/mol. The third kappa shape index (κ3) is 10.4. The van der Waals surface area contributed by atoms with E-state index in [1.165, 1.54) is 0 Å². The molecule has 2 N–H and O–H groups in total. The Morgan fingerprint density at radius 2 is 1.45 bits per heavy atom. The second kappa shape index (κ2) is 13.9. The Hall–Kier alpha value is -4.20. The predicted octanol–water partition coefficient (Wildman–Crippen LogP) is 4.38. The fraction of sp³-hybridized carbons (Fsp3) is 0.333. The number of carbonyl (C=O) groups is 3. The summed E-state index contributed by atoms with van der Waals surface area (Å²) >= 11 is 0. The summed E-state index contributed by atoms with van der Waals surface area (Å²) in [5.74, 6) is -0.865. The number of hydrogen-bond donors (Lipinski definition) is 2. The van der Waals surface area contributed by atoms with Crippen molar-refractivity contribution in [2.24, 2.45) is 0 Å². The third-order valence-electron chi connectivity index (χ3n) is 5.50. The van der Waals surface area contributed by atoms with Crippen molar-refractivity contribution in [2.45, 2.75) is 64.3 Å². The van der Waals surface area contributed by atoms with Crippen LogP contribution in [0, 0.1) is 0 Å². The molecule has 0 fully saturated rings. The number of aromatic nitrogens is 1. The maximum atomic E-state index is 13.5. The first-order chi connectivity index (χ1) is 18.2. The third-order valence-corrected chi connectivity index (χ3v) is 5.50. The topological polar surface area (TPSA) is 107 Å². The van der Waals surface area contributed by atoms with Gasteiger partial charge in [0, 0.05) is 24.9 Å². The summed E-state index contributed by atoms with van der Waals surface area (Å²) < 4.78 is 10.8. The van der Waals surface area contributed by atoms with E-state index in [9.17, 15) is 14.4 Å². The molecule has 0 aliphatic heterocycles. The maximum Gasteiger partial charge on any atom is 0.408 e. The van der Waals surface area contributed by atoms with Crippen molar-refractivity contribution in [3.63, 3.8) is 0 Å². The fourth-order valence-electron chi connectivity index (χ4n) is 3.79. The van der Waals surface area contributed by atoms with Gasteiger partial charge in [-0.2, -0.15) is 0 Å². The Kier molecular flexibility index (Phi) is 10.4. The highest BCUT2D eigenvalue weighted by Gasteiger charge is 2.27. The zero-order valence-corrected chi connectivity index (χ0v) is 22.1. The summed E-state index contributed by atoms with van der Waals surface area (Å²) in [6.07, 6.45) is 3.16. The Morgan fingerprint density at radius 1 is 0.816 bits per heavy atom. The second-order valence-corrected chi connectivity index (χ2v) is 10.0. The highest BCUT2D eigenvalue weighted by atomic mass is 16.6. The Labute approximate surface area is 223 Å². The Balaban J connectivity index is 1.72. The number of ether oxygens (including phenoxy) is 2. The van der Waals surface area contributed by atoms with Gasteiger partial charge in [0.05, 0.1) is 6.42 Å². The van der Waals surface area contributed by atoms with Gasteiger partial charge in [-0.15, -0.1) is 0 Å². The van der Waals surface area contributed by atoms with Crippen LogP contribution in [0.1, 0.15) is 43.9 Å². The average Bonchev–Trinajstić information content (AvgIpc) is 2.88. The lowest BCUT2D eigenvalue weighted by Gasteiger charge is -2.25. The lowest BCUT2D eigenvalue weighted by atomic mass is 10.0. The SMILES string of the molecule is CC(C)(C)OC(=O)N[C@@H](Cc1cccnc1)C(=O)N[C@H](CC(=O)OCc1ccccc1)Cc1ccccc1. The number of nitrogens with zero attached hydrogens (tertiary/aromatic N) is 1. The molecule has 200 valence electrons. The summed E-state index contributed by atoms with van der Waals surface area (Å²) in [6.45, 7) is 5.40. The Morgan fingerprint density at radius 3 is 2.05 bits per heavy atom. The van der Waals surface area contributed by atoms with Gasteiger partial charge in [0.2, 0.25) is 5.91 Å². The number of alkyl carbamates (subject to hydrolysis) is 1. The van der Waals surface area contributed by atoms with E-state index in [0.717, 1.165) is 16.7 Å². The first kappa shape index (κ1) is 28.4. The number of rotatable bonds is 11. The van der Waals surface area contributed by atoms with Crippen molar-refractivity contribution in [1.29, 1.82) is 0 Å². The molecule has 0 spiro atoms. The van der Waals surface area contributed by atoms with Crippen LogP contribution in [0.25, 0.3) is 0 Å². The number of carbonyl (C=O) groups excluding carboxylic acids is 3. The van der Waals surface area contributed by atoms with E-state index < -0.39 is 35.7 Å². The molecule has 0 saturated carbocycles. The first-order valence-electron chi connectivity index (χ1n) is 12.6. The van der Waals surface area contributed by atoms with E-state index in [2.05, 4.69) is 15.6 Å². The van der Waals surface area contributed by atoms with Gasteiger partial charge in [-0.05, 0) is 49.9 Å². The summed E-state index contributed by atoms with van der Waals surface area (Å²) in [7, 11) is 0. The molecule has 0 saturated heterocycles. The maximum absolute atomic E-state index is 13.5. The highest BCUT2D eigenvalue weighted by molar-refractivity contribution is 5.86. The van der Waals surface area contributed by atoms with Crippen LogP contribution in [0.4, 0.5) is 4.79 Å². The number of amides is 2. The Bertz CT molecular complexity index is 1160. The lowest BCUT2D eigenvalue weighted by molar-refractivity contribution is -0.145. The normalized spacial score (nSPS) is 12.6. The van der Waals surface area contributed by atoms with Gasteiger partial charge >= 0.3 is 12.1 Å². The molecule has 8 nitrogen and oxygen atoms in total. The van der Waals surface area contributed by atoms with E-state index in [0.29, 0.717) is 6.42 Å². The quantitative estimate of drug-likeness (QED) is 0.366. The van der Waals surface area contributed by atoms with Crippen LogP contribution in [0.5, 0.6) is 0 Å². The molecule has 38 heavy (non-hydrogen) atoms. The van der Waals surface area contributed by atoms with E-state index in [1.54, 1.807) is 39.2 Å². The molecule has 3 aromatic rings. The van der Waals surface area contributed by atoms with Gasteiger partial charge in [0.25, 0.3) is 0 Å². The van der Waals surface area contributed by atoms with Crippen LogP contribution in [-0.4, -0.2) is 40.6 Å². The summed E-state index contributed by atoms with van der Waals surface area (Å²) in [5.41, 5.74) is 1.88. The van der Waals surface area contributed by atoms with Crippen LogP contribution < -0.4 is 10.6 Å². The number of benzene rings is 2. The minimum absolute atomic E-state index is 0.0283. The van der Waals surface area contributed by atoms with Gasteiger partial charge < -0.3 is 20.1 Å². The van der Waals surface area contributed by atoms with Crippen LogP contribution in [0.3, 0.4) is 0 Å². The molecule has 0 aliphatic carbocycles. The van der Waals surface area contributed by atoms with Crippen LogP contribution in [0.2, 0.25) is 0 Å². The zero-order valence-electron chi connectivity index (χ0n) is 22.1. The van der Waals surface area contributed by atoms with Crippen molar-refractivity contribution in [3.05, 3.63) is 102 Å². The van der Waals surface area contributed by atoms with Crippen LogP contribution in [0.15, 0.2) is 85.2 Å². The number of hydrogen-bond acceptors (Lipinski definition) is 6. The minimum Gasteiger partial charge on any atom is -0.461 e. The van der Waals surface area contributed by atoms with Gasteiger partial charge in [-0.25, -0.2) is 4.79 Å². The largest absolute Gasteiger partial charge is 0.461 e. The smallest absolute Gasteiger partial charge is 0.408 e. The molecule has 0 radical (unpaired) electrons. The summed E-state index contributed by atoms with van der Waals surface area (Å²) in [5, 5.41) is 5.63. The number of pyridine rings is 1. The van der Waals surface area contributed by atoms with E-state index in [4.69, 9.17) is 9.47 Å². The standard InChI is InChI=1S/C30H35N3O5/c1-30(2,3)38-29(36)33-26(18-24-15-10-16-31-20-24)28(35)32-25(17-22-11-6-4-7-12-22)19-27(34)37-21-23-13-8-5-9-14-23/h4-16,20,25-26H,17-19,21H2,1-3H3,(H,32,35)(H,33,36)/t25-,26-/m0/s1. The summed E-state index contributed by atoms with van der Waals surface area (Å²) in [6, 6.07) is 21.1. The molecule has 1 aromatic heterocycles. The van der Waals surface area contributed by atoms with Crippen molar-refractivity contribution in [3.8, 4) is 0 Å². The van der Waals surface area contributed by atoms with Crippen LogP contribution in [-0.2, 0) is 38.5 Å². The van der Waals surface area contributed by atoms with Gasteiger partial charge in [0.1, 0.15) is 18.2 Å². The van der Waals surface area contributed by atoms with Crippen molar-refractivity contribution < 1.29 is 23.9 Å². The summed E-state index contributed by atoms with van der Waals surface area (Å²) in [4.78, 5) is 42.8. The van der Waals surface area contributed by atoms with Gasteiger partial charge in [-0.3, -0.25) is 14.6 Å². The van der Waals surface area contributed by atoms with E-state index in [1.807, 2.05) is 66.7 Å². The van der Waals surface area contributed by atoms with Crippen molar-refractivity contribution in [2.75, 3.05) is 0 Å². The highest BCUT2D eigenvalue weighted by Crippen LogP contribution is 2.12. The lowest BCUT2D eigenvalue weighted by Crippen LogP contribution is -2.52. The monoisotopic (exact) mass is 517 g/mol. The molecule has 0 bridgehead atoms. The molecule has 0 unspecified atom stereocenters. The van der Waals surface area contributed by atoms with Gasteiger partial charge in [0.15, 0.2) is 0 Å². The first-order valence-corrected chi connectivity index (χ1v) is 12.6. The molecule has 0 aliphatic rings. The molecule has 2 aromatic carbocycles. The van der Waals surface area contributed by atoms with Gasteiger partial charge in [-0.1, -0.05) is 66.7 Å². The fourth-order valence-corrected chi connectivity index (χ4v) is 3.79. The van der Waals surface area contributed by atoms with Crippen molar-refractivity contribution in [1.82, 2.24) is 15.6 Å². The minimum atomic E-state index is -0.937. The molecule has 1 heterocycles. The molecule has 3 rings (SSSR count). The zero-order chi connectivity index (χ0) is 27.4. The molecule has 2 amide bonds. The van der Waals surface area contributed by atoms with E-state index in [-0.39, 0.29) is 19.4 Å². The molecule has 2 atom stereocenters. The molecule has 8 heteroatoms. The second-order valence-electron chi connectivity index (χ2n) is 10.0. The van der Waals surface area contributed by atoms with Crippen molar-refractivity contribution >= 4 is 18.0 Å². The average molecular weight is 518 g/mol. The number of esters is 1.